The van der Waals surface area contributed by atoms with Crippen LogP contribution in [-0.4, -0.2) is 42.4 Å². The van der Waals surface area contributed by atoms with E-state index >= 15 is 0 Å². The maximum atomic E-state index is 12.3. The normalized spacial score (nSPS) is 15.1. The number of benzene rings is 2. The van der Waals surface area contributed by atoms with Gasteiger partial charge < -0.3 is 18.9 Å². The highest BCUT2D eigenvalue weighted by atomic mass is 16.6. The van der Waals surface area contributed by atoms with Crippen LogP contribution in [0.1, 0.15) is 23.5 Å². The average Bonchev–Trinajstić information content (AvgIpc) is 3.21. The Labute approximate surface area is 176 Å². The first-order valence-corrected chi connectivity index (χ1v) is 9.30. The van der Waals surface area contributed by atoms with Crippen LogP contribution < -0.4 is 18.9 Å². The van der Waals surface area contributed by atoms with E-state index in [2.05, 4.69) is 10.2 Å². The predicted molar refractivity (Wildman–Crippen MR) is 109 cm³/mol. The molecule has 0 spiro atoms. The number of rotatable bonds is 6. The number of hydrogen-bond donors (Lipinski definition) is 1. The maximum absolute atomic E-state index is 12.3. The molecule has 0 fully saturated rings. The molecule has 1 aliphatic heterocycles. The molecule has 1 atom stereocenters. The fourth-order valence-electron chi connectivity index (χ4n) is 3.74. The van der Waals surface area contributed by atoms with E-state index in [1.807, 2.05) is 0 Å². The molecule has 2 heterocycles. The number of aromatic amines is 1. The number of aromatic nitrogens is 2. The zero-order valence-corrected chi connectivity index (χ0v) is 17.0. The van der Waals surface area contributed by atoms with Gasteiger partial charge in [-0.25, -0.2) is 0 Å². The molecule has 10 nitrogen and oxygen atoms in total. The first-order chi connectivity index (χ1) is 15.0. The van der Waals surface area contributed by atoms with Crippen molar-refractivity contribution in [3.05, 3.63) is 57.6 Å². The summed E-state index contributed by atoms with van der Waals surface area (Å²) in [5, 5.41) is 18.2. The Morgan fingerprint density at radius 3 is 2.45 bits per heavy atom. The fraction of sp³-hybridized carbons (Fsp3) is 0.238. The average molecular weight is 425 g/mol. The van der Waals surface area contributed by atoms with E-state index in [0.717, 1.165) is 5.56 Å². The number of non-ortho nitro benzene ring substituents is 1. The molecular weight excluding hydrogens is 406 g/mol. The summed E-state index contributed by atoms with van der Waals surface area (Å²) in [6.45, 7) is 0. The number of carbonyl (C=O) groups is 1. The van der Waals surface area contributed by atoms with E-state index in [-0.39, 0.29) is 18.0 Å². The van der Waals surface area contributed by atoms with Crippen molar-refractivity contribution < 1.29 is 28.7 Å². The second-order valence-electron chi connectivity index (χ2n) is 6.81. The molecule has 1 N–H and O–H groups in total. The molecule has 4 rings (SSSR count). The van der Waals surface area contributed by atoms with Crippen LogP contribution in [0.3, 0.4) is 0 Å². The summed E-state index contributed by atoms with van der Waals surface area (Å²) in [5.74, 6) is 0.562. The van der Waals surface area contributed by atoms with Crippen molar-refractivity contribution in [2.45, 2.75) is 12.3 Å². The first-order valence-electron chi connectivity index (χ1n) is 9.30. The minimum atomic E-state index is -0.469. The zero-order valence-electron chi connectivity index (χ0n) is 17.0. The lowest BCUT2D eigenvalue weighted by molar-refractivity contribution is -0.384. The van der Waals surface area contributed by atoms with Crippen LogP contribution in [0.5, 0.6) is 23.1 Å². The van der Waals surface area contributed by atoms with Gasteiger partial charge in [-0.05, 0) is 17.7 Å². The number of nitrogens with zero attached hydrogens (tertiary/aromatic N) is 2. The standard InChI is InChI=1S/C21H19N3O7/c1-28-15-8-12(9-16(29-2)20(15)30-3)14-10-17(25)31-21-18(14)19(22-23-21)11-5-4-6-13(7-11)24(26)27/h4-9,14H,10H2,1-3H3,(H,22,23). The number of nitro groups is 1. The van der Waals surface area contributed by atoms with Gasteiger partial charge in [-0.3, -0.25) is 20.0 Å². The highest BCUT2D eigenvalue weighted by Gasteiger charge is 2.35. The third-order valence-corrected chi connectivity index (χ3v) is 5.13. The Bertz CT molecular complexity index is 1150. The van der Waals surface area contributed by atoms with Gasteiger partial charge in [0.25, 0.3) is 5.69 Å². The van der Waals surface area contributed by atoms with Gasteiger partial charge in [0, 0.05) is 23.6 Å². The predicted octanol–water partition coefficient (Wildman–Crippen LogP) is 3.45. The zero-order chi connectivity index (χ0) is 22.1. The quantitative estimate of drug-likeness (QED) is 0.362. The largest absolute Gasteiger partial charge is 0.493 e. The molecule has 0 saturated carbocycles. The van der Waals surface area contributed by atoms with Crippen LogP contribution in [0.4, 0.5) is 5.69 Å². The number of esters is 1. The molecule has 0 radical (unpaired) electrons. The highest BCUT2D eigenvalue weighted by Crippen LogP contribution is 2.47. The molecular formula is C21H19N3O7. The van der Waals surface area contributed by atoms with Gasteiger partial charge in [0.05, 0.1) is 43.9 Å². The molecule has 10 heteroatoms. The molecule has 1 aliphatic rings. The minimum Gasteiger partial charge on any atom is -0.493 e. The Morgan fingerprint density at radius 1 is 1.13 bits per heavy atom. The second kappa shape index (κ2) is 7.98. The summed E-state index contributed by atoms with van der Waals surface area (Å²) in [4.78, 5) is 23.0. The van der Waals surface area contributed by atoms with Crippen molar-refractivity contribution in [1.82, 2.24) is 10.2 Å². The fourth-order valence-corrected chi connectivity index (χ4v) is 3.74. The van der Waals surface area contributed by atoms with Crippen molar-refractivity contribution in [2.75, 3.05) is 21.3 Å². The monoisotopic (exact) mass is 425 g/mol. The third kappa shape index (κ3) is 3.52. The molecule has 3 aromatic rings. The number of nitro benzene ring substituents is 1. The molecule has 0 bridgehead atoms. The van der Waals surface area contributed by atoms with Crippen molar-refractivity contribution in [1.29, 1.82) is 0 Å². The number of carbonyl (C=O) groups excluding carboxylic acids is 1. The van der Waals surface area contributed by atoms with E-state index < -0.39 is 16.8 Å². The lowest BCUT2D eigenvalue weighted by Gasteiger charge is -2.24. The summed E-state index contributed by atoms with van der Waals surface area (Å²) in [6, 6.07) is 9.68. The SMILES string of the molecule is COc1cc(C2CC(=O)Oc3n[nH]c(-c4cccc([N+](=O)[O-])c4)c32)cc(OC)c1OC. The van der Waals surface area contributed by atoms with Gasteiger partial charge in [-0.2, -0.15) is 0 Å². The second-order valence-corrected chi connectivity index (χ2v) is 6.81. The summed E-state index contributed by atoms with van der Waals surface area (Å²) >= 11 is 0. The summed E-state index contributed by atoms with van der Waals surface area (Å²) in [6.07, 6.45) is 0.0487. The molecule has 0 saturated heterocycles. The number of methoxy groups -OCH3 is 3. The molecule has 2 aromatic carbocycles. The van der Waals surface area contributed by atoms with E-state index in [9.17, 15) is 14.9 Å². The van der Waals surface area contributed by atoms with Crippen molar-refractivity contribution in [3.63, 3.8) is 0 Å². The number of nitrogens with one attached hydrogen (secondary N) is 1. The smallest absolute Gasteiger partial charge is 0.313 e. The Morgan fingerprint density at radius 2 is 1.84 bits per heavy atom. The Kier molecular flexibility index (Phi) is 5.20. The molecule has 160 valence electrons. The van der Waals surface area contributed by atoms with Gasteiger partial charge in [0.15, 0.2) is 11.5 Å². The number of ether oxygens (including phenoxy) is 4. The van der Waals surface area contributed by atoms with Crippen molar-refractivity contribution in [2.24, 2.45) is 0 Å². The topological polar surface area (TPSA) is 126 Å². The highest BCUT2D eigenvalue weighted by molar-refractivity contribution is 5.81. The number of fused-ring (bicyclic) bond motifs is 1. The van der Waals surface area contributed by atoms with Crippen molar-refractivity contribution >= 4 is 11.7 Å². The van der Waals surface area contributed by atoms with Crippen LogP contribution in [0.25, 0.3) is 11.3 Å². The number of hydrogen-bond acceptors (Lipinski definition) is 8. The van der Waals surface area contributed by atoms with E-state index in [1.54, 1.807) is 24.3 Å². The van der Waals surface area contributed by atoms with Crippen molar-refractivity contribution in [3.8, 4) is 34.4 Å². The molecule has 0 amide bonds. The molecule has 0 aliphatic carbocycles. The lowest BCUT2D eigenvalue weighted by atomic mass is 9.85. The Balaban J connectivity index is 1.89. The van der Waals surface area contributed by atoms with Crippen LogP contribution in [0.2, 0.25) is 0 Å². The van der Waals surface area contributed by atoms with Crippen LogP contribution in [-0.2, 0) is 4.79 Å². The van der Waals surface area contributed by atoms with Crippen LogP contribution in [0, 0.1) is 10.1 Å². The van der Waals surface area contributed by atoms with E-state index in [0.29, 0.717) is 34.1 Å². The summed E-state index contributed by atoms with van der Waals surface area (Å²) in [7, 11) is 4.52. The van der Waals surface area contributed by atoms with Gasteiger partial charge >= 0.3 is 5.97 Å². The van der Waals surface area contributed by atoms with E-state index in [1.165, 1.54) is 33.5 Å². The van der Waals surface area contributed by atoms with Gasteiger partial charge in [-0.1, -0.05) is 12.1 Å². The third-order valence-electron chi connectivity index (χ3n) is 5.13. The summed E-state index contributed by atoms with van der Waals surface area (Å²) < 4.78 is 21.6. The van der Waals surface area contributed by atoms with Crippen LogP contribution in [0.15, 0.2) is 36.4 Å². The minimum absolute atomic E-state index is 0.0487. The molecule has 31 heavy (non-hydrogen) atoms. The van der Waals surface area contributed by atoms with E-state index in [4.69, 9.17) is 18.9 Å². The van der Waals surface area contributed by atoms with Gasteiger partial charge in [-0.15, -0.1) is 5.10 Å². The molecule has 1 aromatic heterocycles. The summed E-state index contributed by atoms with van der Waals surface area (Å²) in [5.41, 5.74) is 2.37. The van der Waals surface area contributed by atoms with Crippen LogP contribution >= 0.6 is 0 Å². The van der Waals surface area contributed by atoms with Gasteiger partial charge in [0.1, 0.15) is 0 Å². The molecule has 1 unspecified atom stereocenters. The lowest BCUT2D eigenvalue weighted by Crippen LogP contribution is -2.21. The maximum Gasteiger partial charge on any atom is 0.313 e. The van der Waals surface area contributed by atoms with Gasteiger partial charge in [0.2, 0.25) is 11.6 Å². The Hall–Kier alpha value is -4.08. The first kappa shape index (κ1) is 20.2. The number of H-pyrrole nitrogens is 1.